The second-order valence-electron chi connectivity index (χ2n) is 5.50. The first-order valence-corrected chi connectivity index (χ1v) is 6.36. The minimum atomic E-state index is -0.521. The van der Waals surface area contributed by atoms with E-state index in [0.29, 0.717) is 11.4 Å². The molecule has 20 heavy (non-hydrogen) atoms. The number of nitrogens with zero attached hydrogens (tertiary/aromatic N) is 1. The van der Waals surface area contributed by atoms with Crippen LogP contribution in [-0.4, -0.2) is 35.6 Å². The Morgan fingerprint density at radius 1 is 1.35 bits per heavy atom. The van der Waals surface area contributed by atoms with Gasteiger partial charge in [-0.15, -0.1) is 0 Å². The van der Waals surface area contributed by atoms with Crippen LogP contribution in [-0.2, 0) is 9.53 Å². The van der Waals surface area contributed by atoms with Gasteiger partial charge in [-0.2, -0.15) is 0 Å². The number of nitrogens with one attached hydrogen (secondary N) is 2. The van der Waals surface area contributed by atoms with E-state index in [1.54, 1.807) is 25.3 Å². The number of ether oxygens (including phenoxy) is 1. The second kappa shape index (κ2) is 6.36. The second-order valence-corrected chi connectivity index (χ2v) is 5.50. The van der Waals surface area contributed by atoms with Crippen molar-refractivity contribution in [2.75, 3.05) is 12.4 Å². The molecule has 1 heterocycles. The molecular formula is C14H21N3O3. The molecule has 0 aliphatic rings. The van der Waals surface area contributed by atoms with Gasteiger partial charge in [-0.25, -0.2) is 9.78 Å². The SMILES string of the molecule is COC(=O)c1cccnc1NC(C)C(=O)NC(C)(C)C. The predicted molar refractivity (Wildman–Crippen MR) is 76.6 cm³/mol. The smallest absolute Gasteiger partial charge is 0.341 e. The third kappa shape index (κ3) is 4.53. The van der Waals surface area contributed by atoms with E-state index < -0.39 is 12.0 Å². The van der Waals surface area contributed by atoms with Crippen LogP contribution in [0.15, 0.2) is 18.3 Å². The number of aromatic nitrogens is 1. The summed E-state index contributed by atoms with van der Waals surface area (Å²) in [5.41, 5.74) is -0.0205. The molecule has 0 saturated heterocycles. The standard InChI is InChI=1S/C14H21N3O3/c1-9(12(18)17-14(2,3)4)16-11-10(13(19)20-5)7-6-8-15-11/h6-9H,1-5H3,(H,15,16)(H,17,18). The molecule has 1 aromatic rings. The van der Waals surface area contributed by atoms with Gasteiger partial charge in [0, 0.05) is 11.7 Å². The number of carbonyl (C=O) groups is 2. The minimum absolute atomic E-state index is 0.168. The fourth-order valence-electron chi connectivity index (χ4n) is 1.54. The fraction of sp³-hybridized carbons (Fsp3) is 0.500. The number of methoxy groups -OCH3 is 1. The van der Waals surface area contributed by atoms with Gasteiger partial charge in [0.2, 0.25) is 5.91 Å². The summed E-state index contributed by atoms with van der Waals surface area (Å²) < 4.78 is 4.68. The number of pyridine rings is 1. The lowest BCUT2D eigenvalue weighted by atomic mass is 10.1. The van der Waals surface area contributed by atoms with Crippen molar-refractivity contribution in [3.63, 3.8) is 0 Å². The van der Waals surface area contributed by atoms with Gasteiger partial charge in [0.05, 0.1) is 7.11 Å². The Balaban J connectivity index is 2.83. The Morgan fingerprint density at radius 3 is 2.55 bits per heavy atom. The number of anilines is 1. The summed E-state index contributed by atoms with van der Waals surface area (Å²) in [6, 6.07) is 2.71. The summed E-state index contributed by atoms with van der Waals surface area (Å²) in [6.45, 7) is 7.41. The zero-order valence-corrected chi connectivity index (χ0v) is 12.5. The highest BCUT2D eigenvalue weighted by Crippen LogP contribution is 2.14. The lowest BCUT2D eigenvalue weighted by Gasteiger charge is -2.24. The molecular weight excluding hydrogens is 258 g/mol. The van der Waals surface area contributed by atoms with Crippen molar-refractivity contribution >= 4 is 17.7 Å². The molecule has 0 radical (unpaired) electrons. The van der Waals surface area contributed by atoms with Crippen LogP contribution >= 0.6 is 0 Å². The molecule has 0 saturated carbocycles. The average molecular weight is 279 g/mol. The topological polar surface area (TPSA) is 80.3 Å². The van der Waals surface area contributed by atoms with Crippen LogP contribution in [0.5, 0.6) is 0 Å². The molecule has 6 nitrogen and oxygen atoms in total. The van der Waals surface area contributed by atoms with Gasteiger partial charge in [0.1, 0.15) is 17.4 Å². The van der Waals surface area contributed by atoms with Gasteiger partial charge >= 0.3 is 5.97 Å². The number of hydrogen-bond acceptors (Lipinski definition) is 5. The van der Waals surface area contributed by atoms with Gasteiger partial charge in [0.15, 0.2) is 0 Å². The van der Waals surface area contributed by atoms with E-state index >= 15 is 0 Å². The van der Waals surface area contributed by atoms with E-state index in [9.17, 15) is 9.59 Å². The van der Waals surface area contributed by atoms with Crippen molar-refractivity contribution in [2.24, 2.45) is 0 Å². The molecule has 2 N–H and O–H groups in total. The zero-order valence-electron chi connectivity index (χ0n) is 12.5. The van der Waals surface area contributed by atoms with E-state index in [2.05, 4.69) is 20.4 Å². The predicted octanol–water partition coefficient (Wildman–Crippen LogP) is 1.58. The van der Waals surface area contributed by atoms with Crippen molar-refractivity contribution in [1.29, 1.82) is 0 Å². The Labute approximate surface area is 118 Å². The lowest BCUT2D eigenvalue weighted by Crippen LogP contribution is -2.47. The molecule has 6 heteroatoms. The van der Waals surface area contributed by atoms with Gasteiger partial charge in [-0.1, -0.05) is 0 Å². The molecule has 0 aliphatic heterocycles. The lowest BCUT2D eigenvalue weighted by molar-refractivity contribution is -0.122. The van der Waals surface area contributed by atoms with E-state index in [0.717, 1.165) is 0 Å². The van der Waals surface area contributed by atoms with Crippen molar-refractivity contribution < 1.29 is 14.3 Å². The van der Waals surface area contributed by atoms with E-state index in [4.69, 9.17) is 0 Å². The van der Waals surface area contributed by atoms with E-state index in [1.165, 1.54) is 7.11 Å². The molecule has 1 aromatic heterocycles. The summed E-state index contributed by atoms with van der Waals surface area (Å²) >= 11 is 0. The van der Waals surface area contributed by atoms with Crippen molar-refractivity contribution in [1.82, 2.24) is 10.3 Å². The number of amides is 1. The molecule has 0 spiro atoms. The maximum absolute atomic E-state index is 12.0. The Kier molecular flexibility index (Phi) is 5.07. The van der Waals surface area contributed by atoms with Crippen LogP contribution < -0.4 is 10.6 Å². The summed E-state index contributed by atoms with van der Waals surface area (Å²) in [6.07, 6.45) is 1.54. The van der Waals surface area contributed by atoms with E-state index in [-0.39, 0.29) is 11.4 Å². The molecule has 1 amide bonds. The molecule has 110 valence electrons. The van der Waals surface area contributed by atoms with E-state index in [1.807, 2.05) is 20.8 Å². The Hall–Kier alpha value is -2.11. The summed E-state index contributed by atoms with van der Waals surface area (Å²) in [5, 5.41) is 5.78. The van der Waals surface area contributed by atoms with Crippen molar-refractivity contribution in [2.45, 2.75) is 39.3 Å². The van der Waals surface area contributed by atoms with Crippen molar-refractivity contribution in [3.05, 3.63) is 23.9 Å². The monoisotopic (exact) mass is 279 g/mol. The quantitative estimate of drug-likeness (QED) is 0.818. The summed E-state index contributed by atoms with van der Waals surface area (Å²) in [5.74, 6) is -0.334. The van der Waals surface area contributed by atoms with Crippen molar-refractivity contribution in [3.8, 4) is 0 Å². The highest BCUT2D eigenvalue weighted by molar-refractivity contribution is 5.95. The molecule has 1 unspecified atom stereocenters. The third-order valence-electron chi connectivity index (χ3n) is 2.46. The third-order valence-corrected chi connectivity index (χ3v) is 2.46. The Morgan fingerprint density at radius 2 is 2.00 bits per heavy atom. The molecule has 0 bridgehead atoms. The molecule has 1 rings (SSSR count). The van der Waals surface area contributed by atoms with Crippen LogP contribution in [0.1, 0.15) is 38.1 Å². The first-order valence-electron chi connectivity index (χ1n) is 6.36. The molecule has 1 atom stereocenters. The van der Waals surface area contributed by atoms with Crippen LogP contribution in [0, 0.1) is 0 Å². The van der Waals surface area contributed by atoms with Crippen LogP contribution in [0.3, 0.4) is 0 Å². The first-order chi connectivity index (χ1) is 9.24. The molecule has 0 aromatic carbocycles. The average Bonchev–Trinajstić information content (AvgIpc) is 2.36. The molecule has 0 aliphatic carbocycles. The number of esters is 1. The number of carbonyl (C=O) groups excluding carboxylic acids is 2. The van der Waals surface area contributed by atoms with Gasteiger partial charge in [-0.05, 0) is 39.8 Å². The maximum Gasteiger partial charge on any atom is 0.341 e. The summed E-state index contributed by atoms with van der Waals surface area (Å²) in [4.78, 5) is 27.7. The Bertz CT molecular complexity index is 495. The summed E-state index contributed by atoms with van der Waals surface area (Å²) in [7, 11) is 1.30. The number of rotatable bonds is 4. The van der Waals surface area contributed by atoms with Crippen LogP contribution in [0.4, 0.5) is 5.82 Å². The van der Waals surface area contributed by atoms with Gasteiger partial charge in [0.25, 0.3) is 0 Å². The fourth-order valence-corrected chi connectivity index (χ4v) is 1.54. The highest BCUT2D eigenvalue weighted by atomic mass is 16.5. The minimum Gasteiger partial charge on any atom is -0.465 e. The maximum atomic E-state index is 12.0. The molecule has 0 fully saturated rings. The van der Waals surface area contributed by atoms with Gasteiger partial charge in [-0.3, -0.25) is 4.79 Å². The first kappa shape index (κ1) is 15.9. The zero-order chi connectivity index (χ0) is 15.3. The van der Waals surface area contributed by atoms with Crippen LogP contribution in [0.25, 0.3) is 0 Å². The van der Waals surface area contributed by atoms with Crippen LogP contribution in [0.2, 0.25) is 0 Å². The highest BCUT2D eigenvalue weighted by Gasteiger charge is 2.21. The van der Waals surface area contributed by atoms with Gasteiger partial charge < -0.3 is 15.4 Å². The largest absolute Gasteiger partial charge is 0.465 e. The number of hydrogen-bond donors (Lipinski definition) is 2. The normalized spacial score (nSPS) is 12.4.